The molecule has 1 saturated heterocycles. The van der Waals surface area contributed by atoms with Gasteiger partial charge in [-0.3, -0.25) is 9.79 Å². The minimum Gasteiger partial charge on any atom is -0.472 e. The monoisotopic (exact) mass is 379 g/mol. The van der Waals surface area contributed by atoms with Crippen LogP contribution in [0.2, 0.25) is 0 Å². The molecule has 2 aliphatic rings. The Morgan fingerprint density at radius 1 is 1.25 bits per heavy atom. The molecule has 0 spiro atoms. The number of anilines is 1. The van der Waals surface area contributed by atoms with Crippen LogP contribution in [-0.2, 0) is 11.2 Å². The predicted molar refractivity (Wildman–Crippen MR) is 109 cm³/mol. The Balaban J connectivity index is 1.30. The van der Waals surface area contributed by atoms with Crippen molar-refractivity contribution in [1.82, 2.24) is 15.2 Å². The van der Waals surface area contributed by atoms with E-state index in [4.69, 9.17) is 4.74 Å². The van der Waals surface area contributed by atoms with Crippen molar-refractivity contribution in [2.45, 2.75) is 18.9 Å². The van der Waals surface area contributed by atoms with Gasteiger partial charge < -0.3 is 19.9 Å². The molecule has 146 valence electrons. The van der Waals surface area contributed by atoms with Gasteiger partial charge >= 0.3 is 0 Å². The highest BCUT2D eigenvalue weighted by Gasteiger charge is 2.28. The molecule has 1 amide bonds. The second-order valence-corrected chi connectivity index (χ2v) is 6.97. The first-order valence-electron chi connectivity index (χ1n) is 9.66. The fraction of sp³-hybridized carbons (Fsp3) is 0.381. The lowest BCUT2D eigenvalue weighted by Gasteiger charge is -2.23. The van der Waals surface area contributed by atoms with Crippen LogP contribution < -0.4 is 15.0 Å². The van der Waals surface area contributed by atoms with Crippen LogP contribution in [0.4, 0.5) is 5.69 Å². The van der Waals surface area contributed by atoms with E-state index in [-0.39, 0.29) is 18.6 Å². The van der Waals surface area contributed by atoms with E-state index in [0.717, 1.165) is 44.1 Å². The Morgan fingerprint density at radius 2 is 2.11 bits per heavy atom. The summed E-state index contributed by atoms with van der Waals surface area (Å²) in [5.74, 6) is 1.43. The summed E-state index contributed by atoms with van der Waals surface area (Å²) < 4.78 is 5.94. The van der Waals surface area contributed by atoms with E-state index in [9.17, 15) is 4.79 Å². The summed E-state index contributed by atoms with van der Waals surface area (Å²) in [6, 6.07) is 13.7. The number of benzene rings is 1. The molecule has 0 aliphatic carbocycles. The van der Waals surface area contributed by atoms with Crippen LogP contribution in [0.25, 0.3) is 0 Å². The Kier molecular flexibility index (Phi) is 5.41. The van der Waals surface area contributed by atoms with Crippen molar-refractivity contribution in [3.8, 4) is 5.88 Å². The maximum Gasteiger partial charge on any atom is 0.246 e. The molecule has 2 aliphatic heterocycles. The number of hydrogen-bond donors (Lipinski definition) is 1. The summed E-state index contributed by atoms with van der Waals surface area (Å²) in [5.41, 5.74) is 2.25. The lowest BCUT2D eigenvalue weighted by Crippen LogP contribution is -2.46. The zero-order chi connectivity index (χ0) is 19.3. The molecule has 0 radical (unpaired) electrons. The number of amides is 1. The molecule has 0 saturated carbocycles. The van der Waals surface area contributed by atoms with E-state index in [1.165, 1.54) is 5.56 Å². The molecule has 28 heavy (non-hydrogen) atoms. The summed E-state index contributed by atoms with van der Waals surface area (Å²) in [6.07, 6.45) is 3.60. The number of pyridine rings is 1. The normalized spacial score (nSPS) is 18.9. The molecule has 7 heteroatoms. The lowest BCUT2D eigenvalue weighted by molar-refractivity contribution is -0.117. The smallest absolute Gasteiger partial charge is 0.246 e. The van der Waals surface area contributed by atoms with Crippen LogP contribution in [0.3, 0.4) is 0 Å². The molecular formula is C21H25N5O2. The average molecular weight is 379 g/mol. The number of carbonyl (C=O) groups is 1. The predicted octanol–water partition coefficient (Wildman–Crippen LogP) is 1.70. The number of rotatable bonds is 4. The first kappa shape index (κ1) is 18.3. The van der Waals surface area contributed by atoms with Crippen LogP contribution in [0.15, 0.2) is 53.7 Å². The lowest BCUT2D eigenvalue weighted by atomic mass is 10.2. The van der Waals surface area contributed by atoms with Gasteiger partial charge in [-0.2, -0.15) is 0 Å². The average Bonchev–Trinajstić information content (AvgIpc) is 3.36. The second kappa shape index (κ2) is 8.29. The fourth-order valence-corrected chi connectivity index (χ4v) is 3.78. The largest absolute Gasteiger partial charge is 0.472 e. The third-order valence-corrected chi connectivity index (χ3v) is 5.17. The SMILES string of the molecule is CN=C(NCC(=O)N1CCc2ccccc21)N1CCC(Oc2ccccn2)C1. The summed E-state index contributed by atoms with van der Waals surface area (Å²) >= 11 is 0. The van der Waals surface area contributed by atoms with Gasteiger partial charge in [-0.05, 0) is 24.1 Å². The molecule has 7 nitrogen and oxygen atoms in total. The highest BCUT2D eigenvalue weighted by molar-refractivity contribution is 5.98. The first-order valence-corrected chi connectivity index (χ1v) is 9.66. The Morgan fingerprint density at radius 3 is 2.93 bits per heavy atom. The number of likely N-dealkylation sites (tertiary alicyclic amines) is 1. The number of carbonyl (C=O) groups excluding carboxylic acids is 1. The van der Waals surface area contributed by atoms with E-state index in [0.29, 0.717) is 5.88 Å². The number of aliphatic imine (C=N–C) groups is 1. The molecule has 3 heterocycles. The van der Waals surface area contributed by atoms with Gasteiger partial charge in [-0.25, -0.2) is 4.98 Å². The molecule has 4 rings (SSSR count). The third-order valence-electron chi connectivity index (χ3n) is 5.17. The third kappa shape index (κ3) is 3.93. The van der Waals surface area contributed by atoms with Crippen molar-refractivity contribution in [1.29, 1.82) is 0 Å². The topological polar surface area (TPSA) is 70.1 Å². The van der Waals surface area contributed by atoms with Gasteiger partial charge in [0, 0.05) is 44.5 Å². The number of fused-ring (bicyclic) bond motifs is 1. The van der Waals surface area contributed by atoms with Crippen LogP contribution in [0.5, 0.6) is 5.88 Å². The van der Waals surface area contributed by atoms with Gasteiger partial charge in [-0.15, -0.1) is 0 Å². The van der Waals surface area contributed by atoms with Crippen molar-refractivity contribution >= 4 is 17.6 Å². The van der Waals surface area contributed by atoms with Gasteiger partial charge in [0.1, 0.15) is 6.10 Å². The summed E-state index contributed by atoms with van der Waals surface area (Å²) in [7, 11) is 1.74. The molecule has 1 atom stereocenters. The standard InChI is InChI=1S/C21H25N5O2/c1-22-21(25-12-10-17(15-25)28-19-8-4-5-11-23-19)24-14-20(27)26-13-9-16-6-2-3-7-18(16)26/h2-8,11,17H,9-10,12-15H2,1H3,(H,22,24). The molecule has 0 bridgehead atoms. The molecule has 1 unspecified atom stereocenters. The van der Waals surface area contributed by atoms with E-state index >= 15 is 0 Å². The van der Waals surface area contributed by atoms with E-state index in [2.05, 4.69) is 26.3 Å². The quantitative estimate of drug-likeness (QED) is 0.647. The van der Waals surface area contributed by atoms with Gasteiger partial charge in [-0.1, -0.05) is 24.3 Å². The summed E-state index contributed by atoms with van der Waals surface area (Å²) in [5, 5.41) is 3.22. The summed E-state index contributed by atoms with van der Waals surface area (Å²) in [6.45, 7) is 2.51. The maximum absolute atomic E-state index is 12.7. The zero-order valence-electron chi connectivity index (χ0n) is 16.0. The van der Waals surface area contributed by atoms with Crippen LogP contribution in [0.1, 0.15) is 12.0 Å². The number of nitrogens with zero attached hydrogens (tertiary/aromatic N) is 4. The van der Waals surface area contributed by atoms with Crippen LogP contribution in [0, 0.1) is 0 Å². The number of aromatic nitrogens is 1. The molecule has 2 aromatic rings. The molecule has 1 N–H and O–H groups in total. The van der Waals surface area contributed by atoms with Crippen molar-refractivity contribution < 1.29 is 9.53 Å². The van der Waals surface area contributed by atoms with Gasteiger partial charge in [0.2, 0.25) is 11.8 Å². The van der Waals surface area contributed by atoms with Crippen LogP contribution in [-0.4, -0.2) is 61.1 Å². The van der Waals surface area contributed by atoms with Gasteiger partial charge in [0.05, 0.1) is 13.1 Å². The highest BCUT2D eigenvalue weighted by atomic mass is 16.5. The van der Waals surface area contributed by atoms with Gasteiger partial charge in [0.25, 0.3) is 0 Å². The maximum atomic E-state index is 12.7. The van der Waals surface area contributed by atoms with Crippen molar-refractivity contribution in [2.24, 2.45) is 4.99 Å². The molecule has 1 aromatic heterocycles. The number of para-hydroxylation sites is 1. The van der Waals surface area contributed by atoms with Crippen molar-refractivity contribution in [3.05, 3.63) is 54.2 Å². The van der Waals surface area contributed by atoms with Gasteiger partial charge in [0.15, 0.2) is 5.96 Å². The van der Waals surface area contributed by atoms with E-state index in [1.54, 1.807) is 13.2 Å². The first-order chi connectivity index (χ1) is 13.7. The minimum atomic E-state index is 0.0617. The molecule has 1 aromatic carbocycles. The van der Waals surface area contributed by atoms with Crippen molar-refractivity contribution in [3.63, 3.8) is 0 Å². The molecule has 1 fully saturated rings. The van der Waals surface area contributed by atoms with Crippen LogP contribution >= 0.6 is 0 Å². The number of ether oxygens (including phenoxy) is 1. The zero-order valence-corrected chi connectivity index (χ0v) is 16.0. The molecular weight excluding hydrogens is 354 g/mol. The van der Waals surface area contributed by atoms with E-state index < -0.39 is 0 Å². The minimum absolute atomic E-state index is 0.0617. The number of guanidine groups is 1. The van der Waals surface area contributed by atoms with E-state index in [1.807, 2.05) is 41.3 Å². The second-order valence-electron chi connectivity index (χ2n) is 6.97. The Bertz CT molecular complexity index is 855. The highest BCUT2D eigenvalue weighted by Crippen LogP contribution is 2.27. The fourth-order valence-electron chi connectivity index (χ4n) is 3.78. The summed E-state index contributed by atoms with van der Waals surface area (Å²) in [4.78, 5) is 25.2. The number of nitrogens with one attached hydrogen (secondary N) is 1. The Labute approximate surface area is 165 Å². The van der Waals surface area contributed by atoms with Crippen molar-refractivity contribution in [2.75, 3.05) is 38.1 Å². The Hall–Kier alpha value is -3.09. The number of hydrogen-bond acceptors (Lipinski definition) is 4.